The second-order valence-electron chi connectivity index (χ2n) is 10.6. The molecule has 6 nitrogen and oxygen atoms in total. The largest absolute Gasteiger partial charge is 0.446 e. The van der Waals surface area contributed by atoms with E-state index in [9.17, 15) is 22.5 Å². The zero-order chi connectivity index (χ0) is 25.1. The molecule has 0 bridgehead atoms. The van der Waals surface area contributed by atoms with Gasteiger partial charge in [0.1, 0.15) is 10.7 Å². The van der Waals surface area contributed by atoms with E-state index in [0.29, 0.717) is 18.2 Å². The number of piperidine rings is 1. The molecule has 2 aliphatic carbocycles. The van der Waals surface area contributed by atoms with Gasteiger partial charge in [-0.15, -0.1) is 0 Å². The van der Waals surface area contributed by atoms with Crippen LogP contribution in [0.4, 0.5) is 24.9 Å². The maximum absolute atomic E-state index is 13.3. The van der Waals surface area contributed by atoms with Crippen LogP contribution in [-0.2, 0) is 17.2 Å². The second kappa shape index (κ2) is 8.87. The standard InChI is InChI=1S/C25H29F3N4O2S2/c26-25(27,28)35-18-4-2-16(3-5-18)17-6-12-32(13-7-17)22-29-19-14-24(10-11-24)36(34)20(19)21(30-22)31-23(15-33)8-1-9-23/h2-5,17,33H,1,6-15H2,(H,29,30,31)/t36-/m0/s1. The van der Waals surface area contributed by atoms with Crippen LogP contribution in [0.3, 0.4) is 0 Å². The van der Waals surface area contributed by atoms with Crippen LogP contribution in [0.5, 0.6) is 0 Å². The molecule has 11 heteroatoms. The highest BCUT2D eigenvalue weighted by Gasteiger charge is 2.56. The van der Waals surface area contributed by atoms with Crippen molar-refractivity contribution in [2.24, 2.45) is 0 Å². The lowest BCUT2D eigenvalue weighted by molar-refractivity contribution is -0.0328. The van der Waals surface area contributed by atoms with Crippen LogP contribution < -0.4 is 10.2 Å². The topological polar surface area (TPSA) is 78.4 Å². The first-order chi connectivity index (χ1) is 17.2. The van der Waals surface area contributed by atoms with E-state index in [1.165, 1.54) is 0 Å². The molecule has 2 saturated carbocycles. The molecule has 1 spiro atoms. The highest BCUT2D eigenvalue weighted by molar-refractivity contribution is 8.00. The minimum Gasteiger partial charge on any atom is -0.394 e. The Hall–Kier alpha value is -1.85. The average molecular weight is 539 g/mol. The third kappa shape index (κ3) is 4.51. The molecule has 2 N–H and O–H groups in total. The molecule has 0 amide bonds. The Kier molecular flexibility index (Phi) is 6.03. The van der Waals surface area contributed by atoms with Gasteiger partial charge in [0.2, 0.25) is 5.95 Å². The third-order valence-corrected chi connectivity index (χ3v) is 11.0. The van der Waals surface area contributed by atoms with E-state index in [2.05, 4.69) is 10.2 Å². The molecule has 3 heterocycles. The average Bonchev–Trinajstić information content (AvgIpc) is 3.55. The lowest BCUT2D eigenvalue weighted by atomic mass is 9.77. The molecule has 0 radical (unpaired) electrons. The monoisotopic (exact) mass is 538 g/mol. The van der Waals surface area contributed by atoms with Crippen molar-refractivity contribution >= 4 is 34.3 Å². The molecule has 1 aromatic carbocycles. The number of halogens is 3. The Morgan fingerprint density at radius 1 is 1.11 bits per heavy atom. The van der Waals surface area contributed by atoms with Gasteiger partial charge in [0.15, 0.2) is 0 Å². The Bertz CT molecular complexity index is 1170. The van der Waals surface area contributed by atoms with Crippen LogP contribution >= 0.6 is 11.8 Å². The van der Waals surface area contributed by atoms with Crippen LogP contribution in [-0.4, -0.2) is 54.8 Å². The number of rotatable bonds is 6. The molecular weight excluding hydrogens is 509 g/mol. The van der Waals surface area contributed by atoms with E-state index in [1.54, 1.807) is 24.3 Å². The first kappa shape index (κ1) is 24.5. The number of benzene rings is 1. The highest BCUT2D eigenvalue weighted by Crippen LogP contribution is 2.54. The number of aliphatic hydroxyl groups excluding tert-OH is 1. The second-order valence-corrected chi connectivity index (χ2v) is 13.5. The number of aromatic nitrogens is 2. The number of hydrogen-bond donors (Lipinski definition) is 2. The molecule has 194 valence electrons. The lowest BCUT2D eigenvalue weighted by Crippen LogP contribution is -2.49. The van der Waals surface area contributed by atoms with E-state index in [4.69, 9.17) is 9.97 Å². The van der Waals surface area contributed by atoms with Crippen molar-refractivity contribution in [2.45, 2.75) is 82.9 Å². The van der Waals surface area contributed by atoms with Crippen LogP contribution in [0.2, 0.25) is 0 Å². The van der Waals surface area contributed by atoms with Crippen molar-refractivity contribution in [1.82, 2.24) is 9.97 Å². The quantitative estimate of drug-likeness (QED) is 0.502. The Balaban J connectivity index is 1.19. The number of alkyl halides is 3. The Morgan fingerprint density at radius 2 is 1.81 bits per heavy atom. The fraction of sp³-hybridized carbons (Fsp3) is 0.600. The number of hydrogen-bond acceptors (Lipinski definition) is 7. The van der Waals surface area contributed by atoms with Gasteiger partial charge in [-0.1, -0.05) is 12.1 Å². The summed E-state index contributed by atoms with van der Waals surface area (Å²) >= 11 is -0.0878. The van der Waals surface area contributed by atoms with E-state index in [0.717, 1.165) is 74.2 Å². The molecule has 1 saturated heterocycles. The summed E-state index contributed by atoms with van der Waals surface area (Å²) in [7, 11) is -1.14. The Labute approximate surface area is 214 Å². The minimum absolute atomic E-state index is 0.0184. The van der Waals surface area contributed by atoms with E-state index in [-0.39, 0.29) is 33.9 Å². The third-order valence-electron chi connectivity index (χ3n) is 8.16. The van der Waals surface area contributed by atoms with Gasteiger partial charge in [0.05, 0.1) is 33.4 Å². The molecule has 3 fully saturated rings. The Morgan fingerprint density at radius 3 is 2.36 bits per heavy atom. The summed E-state index contributed by atoms with van der Waals surface area (Å²) in [6.45, 7) is 1.49. The van der Waals surface area contributed by atoms with Crippen molar-refractivity contribution in [2.75, 3.05) is 29.9 Å². The maximum Gasteiger partial charge on any atom is 0.446 e. The summed E-state index contributed by atoms with van der Waals surface area (Å²) in [5.74, 6) is 1.52. The number of anilines is 2. The van der Waals surface area contributed by atoms with Crippen molar-refractivity contribution < 1.29 is 22.5 Å². The van der Waals surface area contributed by atoms with Crippen molar-refractivity contribution in [3.63, 3.8) is 0 Å². The molecular formula is C25H29F3N4O2S2. The fourth-order valence-electron chi connectivity index (χ4n) is 5.65. The predicted molar refractivity (Wildman–Crippen MR) is 134 cm³/mol. The van der Waals surface area contributed by atoms with E-state index in [1.807, 2.05) is 0 Å². The highest BCUT2D eigenvalue weighted by atomic mass is 32.2. The molecule has 2 aliphatic heterocycles. The summed E-state index contributed by atoms with van der Waals surface area (Å²) in [6.07, 6.45) is 7.08. The summed E-state index contributed by atoms with van der Waals surface area (Å²) in [5, 5.41) is 13.5. The van der Waals surface area contributed by atoms with E-state index >= 15 is 0 Å². The molecule has 4 aliphatic rings. The van der Waals surface area contributed by atoms with Gasteiger partial charge in [0, 0.05) is 24.4 Å². The molecule has 2 aromatic rings. The summed E-state index contributed by atoms with van der Waals surface area (Å²) < 4.78 is 51.0. The number of nitrogens with zero attached hydrogens (tertiary/aromatic N) is 3. The number of thioether (sulfide) groups is 1. The fourth-order valence-corrected chi connectivity index (χ4v) is 7.96. The number of nitrogens with one attached hydrogen (secondary N) is 1. The zero-order valence-corrected chi connectivity index (χ0v) is 21.4. The smallest absolute Gasteiger partial charge is 0.394 e. The van der Waals surface area contributed by atoms with Crippen LogP contribution in [0.15, 0.2) is 34.1 Å². The minimum atomic E-state index is -4.28. The molecule has 36 heavy (non-hydrogen) atoms. The lowest BCUT2D eigenvalue weighted by Gasteiger charge is -2.42. The zero-order valence-electron chi connectivity index (χ0n) is 19.8. The van der Waals surface area contributed by atoms with Gasteiger partial charge in [-0.2, -0.15) is 18.2 Å². The first-order valence-electron chi connectivity index (χ1n) is 12.5. The van der Waals surface area contributed by atoms with Gasteiger partial charge in [-0.3, -0.25) is 4.21 Å². The normalized spacial score (nSPS) is 24.4. The summed E-state index contributed by atoms with van der Waals surface area (Å²) in [6, 6.07) is 6.71. The van der Waals surface area contributed by atoms with Gasteiger partial charge in [-0.25, -0.2) is 4.98 Å². The van der Waals surface area contributed by atoms with Gasteiger partial charge < -0.3 is 15.3 Å². The van der Waals surface area contributed by atoms with Crippen molar-refractivity contribution in [3.8, 4) is 0 Å². The number of fused-ring (bicyclic) bond motifs is 1. The number of aliphatic hydroxyl groups is 1. The van der Waals surface area contributed by atoms with E-state index < -0.39 is 21.8 Å². The first-order valence-corrected chi connectivity index (χ1v) is 14.5. The predicted octanol–water partition coefficient (Wildman–Crippen LogP) is 5.00. The summed E-state index contributed by atoms with van der Waals surface area (Å²) in [4.78, 5) is 12.8. The van der Waals surface area contributed by atoms with Gasteiger partial charge in [0.25, 0.3) is 0 Å². The molecule has 1 aromatic heterocycles. The maximum atomic E-state index is 13.3. The van der Waals surface area contributed by atoms with Crippen LogP contribution in [0.25, 0.3) is 0 Å². The summed E-state index contributed by atoms with van der Waals surface area (Å²) in [5.41, 5.74) is -2.76. The van der Waals surface area contributed by atoms with Crippen molar-refractivity contribution in [1.29, 1.82) is 0 Å². The van der Waals surface area contributed by atoms with Gasteiger partial charge in [-0.05, 0) is 80.3 Å². The van der Waals surface area contributed by atoms with Crippen LogP contribution in [0, 0.1) is 0 Å². The SMILES string of the molecule is O=[S@]1c2c(nc(N3CCC(c4ccc(SC(F)(F)F)cc4)CC3)nc2NC2(CO)CCC2)CC12CC2. The van der Waals surface area contributed by atoms with Crippen LogP contribution in [0.1, 0.15) is 62.1 Å². The molecule has 0 unspecified atom stereocenters. The van der Waals surface area contributed by atoms with Crippen molar-refractivity contribution in [3.05, 3.63) is 35.5 Å². The molecule has 1 atom stereocenters. The van der Waals surface area contributed by atoms with Gasteiger partial charge >= 0.3 is 5.51 Å². The molecule has 6 rings (SSSR count).